The van der Waals surface area contributed by atoms with Crippen LogP contribution in [-0.2, 0) is 0 Å². The lowest BCUT2D eigenvalue weighted by Crippen LogP contribution is -2.36. The largest absolute Gasteiger partial charge is 0.265 e. The van der Waals surface area contributed by atoms with Crippen molar-refractivity contribution in [3.8, 4) is 0 Å². The molecule has 0 aliphatic carbocycles. The highest BCUT2D eigenvalue weighted by Gasteiger charge is 2.34. The smallest absolute Gasteiger partial charge is 0.206 e. The molecule has 4 heteroatoms. The lowest BCUT2D eigenvalue weighted by molar-refractivity contribution is -0.487. The molecule has 0 fully saturated rings. The van der Waals surface area contributed by atoms with E-state index in [1.165, 1.54) is 25.7 Å². The van der Waals surface area contributed by atoms with Crippen molar-refractivity contribution in [2.75, 3.05) is 6.54 Å². The Bertz CT molecular complexity index is 290. The van der Waals surface area contributed by atoms with Crippen molar-refractivity contribution in [1.29, 1.82) is 0 Å². The van der Waals surface area contributed by atoms with E-state index in [0.29, 0.717) is 5.54 Å². The van der Waals surface area contributed by atoms with Gasteiger partial charge in [-0.2, -0.15) is 0 Å². The highest BCUT2D eigenvalue weighted by atomic mass is 28.3. The van der Waals surface area contributed by atoms with Gasteiger partial charge < -0.3 is 0 Å². The summed E-state index contributed by atoms with van der Waals surface area (Å²) in [6.07, 6.45) is 8.28. The predicted octanol–water partition coefficient (Wildman–Crippen LogP) is 5.06. The first-order chi connectivity index (χ1) is 8.85. The molecule has 3 nitrogen and oxygen atoms in total. The summed E-state index contributed by atoms with van der Waals surface area (Å²) in [7, 11) is -1.51. The van der Waals surface area contributed by atoms with Crippen LogP contribution in [0.15, 0.2) is 11.8 Å². The fourth-order valence-electron chi connectivity index (χ4n) is 3.10. The maximum Gasteiger partial charge on any atom is 0.206 e. The molecule has 0 radical (unpaired) electrons. The number of hydrogen-bond donors (Lipinski definition) is 0. The quantitative estimate of drug-likeness (QED) is 0.243. The molecule has 0 saturated carbocycles. The summed E-state index contributed by atoms with van der Waals surface area (Å²) in [5.41, 5.74) is 2.86. The van der Waals surface area contributed by atoms with Crippen molar-refractivity contribution in [3.05, 3.63) is 21.9 Å². The molecule has 0 heterocycles. The average Bonchev–Trinajstić information content (AvgIpc) is 2.27. The molecule has 0 amide bonds. The molecule has 0 N–H and O–H groups in total. The zero-order valence-corrected chi connectivity index (χ0v) is 14.3. The van der Waals surface area contributed by atoms with Crippen LogP contribution in [0.3, 0.4) is 0 Å². The molecule has 0 aromatic carbocycles. The van der Waals surface area contributed by atoms with Crippen LogP contribution >= 0.6 is 0 Å². The van der Waals surface area contributed by atoms with Gasteiger partial charge in [-0.3, -0.25) is 10.1 Å². The Morgan fingerprint density at radius 1 is 1.26 bits per heavy atom. The van der Waals surface area contributed by atoms with Crippen LogP contribution in [0.25, 0.3) is 0 Å². The number of allylic oxidation sites excluding steroid dienone is 1. The monoisotopic (exact) mass is 285 g/mol. The number of nitrogens with zero attached hydrogens (tertiary/aromatic N) is 1. The van der Waals surface area contributed by atoms with Gasteiger partial charge in [-0.15, -0.1) is 0 Å². The van der Waals surface area contributed by atoms with E-state index in [0.717, 1.165) is 6.42 Å². The predicted molar refractivity (Wildman–Crippen MR) is 85.8 cm³/mol. The van der Waals surface area contributed by atoms with Gasteiger partial charge in [-0.1, -0.05) is 70.8 Å². The lowest BCUT2D eigenvalue weighted by atomic mass is 10.0. The van der Waals surface area contributed by atoms with E-state index in [1.54, 1.807) is 0 Å². The molecule has 0 aromatic rings. The molecule has 0 aromatic heterocycles. The first-order valence-corrected chi connectivity index (χ1v) is 10.8. The van der Waals surface area contributed by atoms with E-state index in [2.05, 4.69) is 45.6 Å². The van der Waals surface area contributed by atoms with E-state index in [-0.39, 0.29) is 17.4 Å². The van der Waals surface area contributed by atoms with Gasteiger partial charge in [0.05, 0.1) is 8.07 Å². The van der Waals surface area contributed by atoms with Crippen LogP contribution in [0.1, 0.15) is 52.9 Å². The molecule has 0 bridgehead atoms. The molecule has 2 atom stereocenters. The van der Waals surface area contributed by atoms with Gasteiger partial charge >= 0.3 is 0 Å². The van der Waals surface area contributed by atoms with Gasteiger partial charge in [-0.05, 0) is 12.5 Å². The van der Waals surface area contributed by atoms with Crippen LogP contribution in [0.5, 0.6) is 0 Å². The Morgan fingerprint density at radius 2 is 1.89 bits per heavy atom. The van der Waals surface area contributed by atoms with Gasteiger partial charge in [0.1, 0.15) is 0 Å². The van der Waals surface area contributed by atoms with Crippen LogP contribution in [0, 0.1) is 16.0 Å². The summed E-state index contributed by atoms with van der Waals surface area (Å²) in [6.45, 7) is 11.1. The Labute approximate surface area is 119 Å². The van der Waals surface area contributed by atoms with Crippen LogP contribution < -0.4 is 0 Å². The van der Waals surface area contributed by atoms with E-state index < -0.39 is 8.07 Å². The van der Waals surface area contributed by atoms with E-state index in [9.17, 15) is 10.1 Å². The molecular formula is C15H31NO2Si. The van der Waals surface area contributed by atoms with Crippen molar-refractivity contribution < 1.29 is 4.92 Å². The molecule has 0 aliphatic heterocycles. The normalized spacial score (nSPS) is 15.6. The molecular weight excluding hydrogens is 254 g/mol. The SMILES string of the molecule is C/C=C\[Si](C)(C)[C@@H](CCCCCC)[C@H](C)C[N+](=O)[O-]. The average molecular weight is 286 g/mol. The Kier molecular flexibility index (Phi) is 8.98. The minimum atomic E-state index is -1.51. The van der Waals surface area contributed by atoms with Crippen molar-refractivity contribution in [2.24, 2.45) is 5.92 Å². The third kappa shape index (κ3) is 7.50. The third-order valence-electron chi connectivity index (χ3n) is 4.04. The Morgan fingerprint density at radius 3 is 2.37 bits per heavy atom. The maximum atomic E-state index is 10.8. The highest BCUT2D eigenvalue weighted by molar-refractivity contribution is 6.83. The number of unbranched alkanes of at least 4 members (excludes halogenated alkanes) is 3. The van der Waals surface area contributed by atoms with Crippen LogP contribution in [0.2, 0.25) is 18.6 Å². The first-order valence-electron chi connectivity index (χ1n) is 7.60. The number of nitro groups is 1. The standard InChI is InChI=1S/C15H31NO2Si/c1-6-8-9-10-11-15(14(3)13-16(17)18)19(4,5)12-7-2/h7,12,14-15H,6,8-11,13H2,1-5H3/b12-7-/t14-,15+/m1/s1. The lowest BCUT2D eigenvalue weighted by Gasteiger charge is -2.33. The Balaban J connectivity index is 4.67. The van der Waals surface area contributed by atoms with Gasteiger partial charge in [-0.25, -0.2) is 0 Å². The fourth-order valence-corrected chi connectivity index (χ4v) is 6.72. The highest BCUT2D eigenvalue weighted by Crippen LogP contribution is 2.36. The minimum absolute atomic E-state index is 0.117. The van der Waals surface area contributed by atoms with Gasteiger partial charge in [0, 0.05) is 10.8 Å². The third-order valence-corrected chi connectivity index (χ3v) is 8.01. The first kappa shape index (κ1) is 18.4. The summed E-state index contributed by atoms with van der Waals surface area (Å²) in [5, 5.41) is 10.8. The summed E-state index contributed by atoms with van der Waals surface area (Å²) in [4.78, 5) is 10.6. The number of rotatable bonds is 10. The molecule has 0 rings (SSSR count). The molecule has 19 heavy (non-hydrogen) atoms. The second kappa shape index (κ2) is 9.29. The molecule has 0 aliphatic rings. The second-order valence-corrected chi connectivity index (χ2v) is 11.0. The second-order valence-electron chi connectivity index (χ2n) is 6.27. The molecule has 0 unspecified atom stereocenters. The van der Waals surface area contributed by atoms with Crippen LogP contribution in [0.4, 0.5) is 0 Å². The maximum absolute atomic E-state index is 10.8. The van der Waals surface area contributed by atoms with Crippen molar-refractivity contribution in [1.82, 2.24) is 0 Å². The molecule has 0 saturated heterocycles. The van der Waals surface area contributed by atoms with Gasteiger partial charge in [0.2, 0.25) is 6.54 Å². The summed E-state index contributed by atoms with van der Waals surface area (Å²) in [6, 6.07) is 0. The topological polar surface area (TPSA) is 43.1 Å². The van der Waals surface area contributed by atoms with E-state index >= 15 is 0 Å². The van der Waals surface area contributed by atoms with Crippen molar-refractivity contribution in [2.45, 2.75) is 71.5 Å². The van der Waals surface area contributed by atoms with E-state index in [4.69, 9.17) is 0 Å². The summed E-state index contributed by atoms with van der Waals surface area (Å²) >= 11 is 0. The minimum Gasteiger partial charge on any atom is -0.265 e. The molecule has 112 valence electrons. The summed E-state index contributed by atoms with van der Waals surface area (Å²) in [5.74, 6) is 0.189. The zero-order valence-electron chi connectivity index (χ0n) is 13.3. The van der Waals surface area contributed by atoms with Crippen LogP contribution in [-0.4, -0.2) is 19.5 Å². The number of hydrogen-bond acceptors (Lipinski definition) is 2. The van der Waals surface area contributed by atoms with Gasteiger partial charge in [0.15, 0.2) is 0 Å². The van der Waals surface area contributed by atoms with Crippen molar-refractivity contribution in [3.63, 3.8) is 0 Å². The zero-order chi connectivity index (χ0) is 14.9. The fraction of sp³-hybridized carbons (Fsp3) is 0.867. The van der Waals surface area contributed by atoms with Gasteiger partial charge in [0.25, 0.3) is 0 Å². The summed E-state index contributed by atoms with van der Waals surface area (Å²) < 4.78 is 0. The van der Waals surface area contributed by atoms with Crippen molar-refractivity contribution >= 4 is 8.07 Å². The van der Waals surface area contributed by atoms with E-state index in [1.807, 2.05) is 0 Å². The Hall–Kier alpha value is -0.643. The molecule has 0 spiro atoms.